The number of amides is 1. The standard InChI is InChI=1S/C26H30N2O3/c1-18-22(26(29)27-20-12-8-5-9-13-20)17-24(19-10-6-4-7-11-19)28(18)23-15-14-21(30-2)16-25(23)31-3/h4,6-7,10-11,14-17,20H,5,8-9,12-13H2,1-3H3,(H,27,29). The molecule has 1 amide bonds. The fourth-order valence-electron chi connectivity index (χ4n) is 4.45. The van der Waals surface area contributed by atoms with Gasteiger partial charge >= 0.3 is 0 Å². The van der Waals surface area contributed by atoms with Gasteiger partial charge in [-0.3, -0.25) is 4.79 Å². The minimum absolute atomic E-state index is 0.00666. The van der Waals surface area contributed by atoms with Crippen LogP contribution in [0.1, 0.15) is 48.2 Å². The molecule has 0 unspecified atom stereocenters. The number of hydrogen-bond donors (Lipinski definition) is 1. The largest absolute Gasteiger partial charge is 0.497 e. The maximum atomic E-state index is 13.2. The van der Waals surface area contributed by atoms with Crippen LogP contribution < -0.4 is 14.8 Å². The fraction of sp³-hybridized carbons (Fsp3) is 0.346. The van der Waals surface area contributed by atoms with Crippen LogP contribution in [0.3, 0.4) is 0 Å². The fourth-order valence-corrected chi connectivity index (χ4v) is 4.45. The molecule has 4 rings (SSSR count). The lowest BCUT2D eigenvalue weighted by atomic mass is 9.95. The van der Waals surface area contributed by atoms with Crippen LogP contribution in [0.15, 0.2) is 54.6 Å². The molecule has 1 heterocycles. The molecule has 0 radical (unpaired) electrons. The third-order valence-electron chi connectivity index (χ3n) is 6.13. The van der Waals surface area contributed by atoms with Crippen molar-refractivity contribution in [3.63, 3.8) is 0 Å². The van der Waals surface area contributed by atoms with Crippen molar-refractivity contribution >= 4 is 5.91 Å². The van der Waals surface area contributed by atoms with Crippen LogP contribution in [0.2, 0.25) is 0 Å². The highest BCUT2D eigenvalue weighted by atomic mass is 16.5. The van der Waals surface area contributed by atoms with Gasteiger partial charge in [-0.15, -0.1) is 0 Å². The Morgan fingerprint density at radius 2 is 1.71 bits per heavy atom. The summed E-state index contributed by atoms with van der Waals surface area (Å²) < 4.78 is 13.1. The number of carbonyl (C=O) groups excluding carboxylic acids is 1. The number of nitrogens with one attached hydrogen (secondary N) is 1. The summed E-state index contributed by atoms with van der Waals surface area (Å²) in [5.41, 5.74) is 4.45. The number of hydrogen-bond acceptors (Lipinski definition) is 3. The summed E-state index contributed by atoms with van der Waals surface area (Å²) in [6, 6.07) is 18.1. The van der Waals surface area contributed by atoms with Gasteiger partial charge in [-0.2, -0.15) is 0 Å². The number of nitrogens with zero attached hydrogens (tertiary/aromatic N) is 1. The Bertz CT molecular complexity index is 1050. The zero-order valence-corrected chi connectivity index (χ0v) is 18.5. The number of carbonyl (C=O) groups is 1. The first-order valence-corrected chi connectivity index (χ1v) is 10.9. The third-order valence-corrected chi connectivity index (χ3v) is 6.13. The highest BCUT2D eigenvalue weighted by Gasteiger charge is 2.24. The van der Waals surface area contributed by atoms with E-state index < -0.39 is 0 Å². The second-order valence-electron chi connectivity index (χ2n) is 8.08. The first-order chi connectivity index (χ1) is 15.1. The Morgan fingerprint density at radius 1 is 0.968 bits per heavy atom. The highest BCUT2D eigenvalue weighted by Crippen LogP contribution is 2.35. The Morgan fingerprint density at radius 3 is 2.39 bits per heavy atom. The molecule has 1 aromatic heterocycles. The zero-order valence-electron chi connectivity index (χ0n) is 18.5. The summed E-state index contributed by atoms with van der Waals surface area (Å²) in [4.78, 5) is 13.2. The van der Waals surface area contributed by atoms with Gasteiger partial charge in [0, 0.05) is 17.8 Å². The molecular weight excluding hydrogens is 388 g/mol. The predicted octanol–water partition coefficient (Wildman–Crippen LogP) is 5.53. The van der Waals surface area contributed by atoms with E-state index in [2.05, 4.69) is 22.0 Å². The van der Waals surface area contributed by atoms with Crippen molar-refractivity contribution in [3.8, 4) is 28.4 Å². The molecule has 2 aromatic carbocycles. The van der Waals surface area contributed by atoms with Crippen LogP contribution in [0, 0.1) is 6.92 Å². The molecule has 0 spiro atoms. The van der Waals surface area contributed by atoms with Crippen LogP contribution in [0.25, 0.3) is 16.9 Å². The third kappa shape index (κ3) is 4.31. The van der Waals surface area contributed by atoms with E-state index in [-0.39, 0.29) is 11.9 Å². The van der Waals surface area contributed by atoms with E-state index in [1.54, 1.807) is 14.2 Å². The molecule has 0 atom stereocenters. The van der Waals surface area contributed by atoms with Gasteiger partial charge in [0.2, 0.25) is 0 Å². The van der Waals surface area contributed by atoms with Crippen molar-refractivity contribution in [1.82, 2.24) is 9.88 Å². The van der Waals surface area contributed by atoms with Crippen molar-refractivity contribution in [1.29, 1.82) is 0 Å². The van der Waals surface area contributed by atoms with E-state index in [1.165, 1.54) is 19.3 Å². The summed E-state index contributed by atoms with van der Waals surface area (Å²) in [6.45, 7) is 1.99. The molecule has 5 nitrogen and oxygen atoms in total. The molecule has 31 heavy (non-hydrogen) atoms. The van der Waals surface area contributed by atoms with Gasteiger partial charge in [-0.05, 0) is 43.5 Å². The van der Waals surface area contributed by atoms with Crippen LogP contribution in [-0.4, -0.2) is 30.7 Å². The van der Waals surface area contributed by atoms with Crippen molar-refractivity contribution < 1.29 is 14.3 Å². The van der Waals surface area contributed by atoms with Crippen LogP contribution in [0.4, 0.5) is 0 Å². The van der Waals surface area contributed by atoms with E-state index in [4.69, 9.17) is 9.47 Å². The van der Waals surface area contributed by atoms with Gasteiger partial charge in [0.25, 0.3) is 5.91 Å². The molecule has 5 heteroatoms. The lowest BCUT2D eigenvalue weighted by molar-refractivity contribution is 0.0927. The average Bonchev–Trinajstić information content (AvgIpc) is 3.16. The Labute approximate surface area is 184 Å². The first-order valence-electron chi connectivity index (χ1n) is 10.9. The topological polar surface area (TPSA) is 52.5 Å². The van der Waals surface area contributed by atoms with Gasteiger partial charge in [-0.25, -0.2) is 0 Å². The lowest BCUT2D eigenvalue weighted by Crippen LogP contribution is -2.36. The van der Waals surface area contributed by atoms with Crippen molar-refractivity contribution in [2.45, 2.75) is 45.1 Å². The Hall–Kier alpha value is -3.21. The monoisotopic (exact) mass is 418 g/mol. The Balaban J connectivity index is 1.81. The second-order valence-corrected chi connectivity index (χ2v) is 8.08. The van der Waals surface area contributed by atoms with Gasteiger partial charge in [0.05, 0.1) is 31.2 Å². The number of ether oxygens (including phenoxy) is 2. The SMILES string of the molecule is COc1ccc(-n2c(-c3ccccc3)cc(C(=O)NC3CCCCC3)c2C)c(OC)c1. The average molecular weight is 419 g/mol. The van der Waals surface area contributed by atoms with E-state index in [0.717, 1.165) is 41.2 Å². The van der Waals surface area contributed by atoms with Gasteiger partial charge in [0.15, 0.2) is 0 Å². The Kier molecular flexibility index (Phi) is 6.31. The number of benzene rings is 2. The van der Waals surface area contributed by atoms with Crippen LogP contribution >= 0.6 is 0 Å². The molecule has 1 aliphatic carbocycles. The summed E-state index contributed by atoms with van der Waals surface area (Å²) >= 11 is 0. The van der Waals surface area contributed by atoms with Crippen LogP contribution in [-0.2, 0) is 0 Å². The normalized spacial score (nSPS) is 14.3. The summed E-state index contributed by atoms with van der Waals surface area (Å²) in [7, 11) is 3.29. The lowest BCUT2D eigenvalue weighted by Gasteiger charge is -2.22. The number of rotatable bonds is 6. The molecule has 3 aromatic rings. The second kappa shape index (κ2) is 9.29. The zero-order chi connectivity index (χ0) is 21.8. The summed E-state index contributed by atoms with van der Waals surface area (Å²) in [5, 5.41) is 3.26. The predicted molar refractivity (Wildman–Crippen MR) is 123 cm³/mol. The van der Waals surface area contributed by atoms with Crippen molar-refractivity contribution in [2.75, 3.05) is 14.2 Å². The molecule has 1 fully saturated rings. The maximum absolute atomic E-state index is 13.2. The molecule has 0 bridgehead atoms. The smallest absolute Gasteiger partial charge is 0.253 e. The van der Waals surface area contributed by atoms with E-state index in [1.807, 2.05) is 49.4 Å². The minimum Gasteiger partial charge on any atom is -0.497 e. The highest BCUT2D eigenvalue weighted by molar-refractivity contribution is 5.97. The molecule has 0 aliphatic heterocycles. The maximum Gasteiger partial charge on any atom is 0.253 e. The number of aromatic nitrogens is 1. The van der Waals surface area contributed by atoms with Crippen LogP contribution in [0.5, 0.6) is 11.5 Å². The van der Waals surface area contributed by atoms with Gasteiger partial charge in [0.1, 0.15) is 11.5 Å². The van der Waals surface area contributed by atoms with Gasteiger partial charge in [-0.1, -0.05) is 49.6 Å². The summed E-state index contributed by atoms with van der Waals surface area (Å²) in [6.07, 6.45) is 5.75. The minimum atomic E-state index is -0.00666. The van der Waals surface area contributed by atoms with E-state index >= 15 is 0 Å². The van der Waals surface area contributed by atoms with Crippen molar-refractivity contribution in [2.24, 2.45) is 0 Å². The molecule has 1 aliphatic rings. The molecule has 1 N–H and O–H groups in total. The molecule has 1 saturated carbocycles. The number of methoxy groups -OCH3 is 2. The van der Waals surface area contributed by atoms with E-state index in [0.29, 0.717) is 11.3 Å². The molecule has 0 saturated heterocycles. The summed E-state index contributed by atoms with van der Waals surface area (Å²) in [5.74, 6) is 1.41. The van der Waals surface area contributed by atoms with Gasteiger partial charge < -0.3 is 19.4 Å². The van der Waals surface area contributed by atoms with E-state index in [9.17, 15) is 4.79 Å². The quantitative estimate of drug-likeness (QED) is 0.572. The van der Waals surface area contributed by atoms with Crippen molar-refractivity contribution in [3.05, 3.63) is 65.9 Å². The first kappa shape index (κ1) is 21.0. The molecular formula is C26H30N2O3. The molecule has 162 valence electrons.